The van der Waals surface area contributed by atoms with E-state index < -0.39 is 0 Å². The highest BCUT2D eigenvalue weighted by atomic mass is 16.3. The number of benzene rings is 6. The summed E-state index contributed by atoms with van der Waals surface area (Å²) in [5.41, 5.74) is 25.6. The Balaban J connectivity index is 0.000000203. The zero-order valence-electron chi connectivity index (χ0n) is 49.0. The molecule has 4 aliphatic carbocycles. The van der Waals surface area contributed by atoms with Crippen molar-refractivity contribution in [2.45, 2.75) is 172 Å². The maximum Gasteiger partial charge on any atom is 0.135 e. The molecule has 8 aromatic rings. The predicted octanol–water partition coefficient (Wildman–Crippen LogP) is 22.6. The Morgan fingerprint density at radius 2 is 1.34 bits per heavy atom. The van der Waals surface area contributed by atoms with Gasteiger partial charge >= 0.3 is 0 Å². The Morgan fingerprint density at radius 3 is 2.09 bits per heavy atom. The van der Waals surface area contributed by atoms with Crippen molar-refractivity contribution in [2.24, 2.45) is 0 Å². The highest BCUT2D eigenvalue weighted by Gasteiger charge is 2.39. The number of fused-ring (bicyclic) bond motifs is 10. The summed E-state index contributed by atoms with van der Waals surface area (Å²) in [6.07, 6.45) is 25.1. The summed E-state index contributed by atoms with van der Waals surface area (Å²) in [4.78, 5) is 0. The van der Waals surface area contributed by atoms with Gasteiger partial charge in [-0.15, -0.1) is 0 Å². The molecule has 76 heavy (non-hydrogen) atoms. The number of rotatable bonds is 6. The lowest BCUT2D eigenvalue weighted by atomic mass is 9.79. The highest BCUT2D eigenvalue weighted by Crippen LogP contribution is 2.54. The smallest absolute Gasteiger partial charge is 0.135 e. The monoisotopic (exact) mass is 1010 g/mol. The topological polar surface area (TPSA) is 18.1 Å². The molecule has 2 nitrogen and oxygen atoms in total. The summed E-state index contributed by atoms with van der Waals surface area (Å²) in [6.45, 7) is 32.9. The standard InChI is InChI=1S/C43H43N.C25H26O.3C2H6/c1-29-14-8-6-11-17-35(29)39-26-32(21-20-30(39)2)33-22-24-38-37-18-12-13-19-41(37)44(42(38)27-33)34-23-25-36(31-15-9-7-10-16-31)40(28-34)43(3,4)5;1-5-15(2)16-10-11-17-18-12-13-22-23(19-8-6-7-9-21(19)26-22)24(18)25(3,4)20(17)14-16;3*1-2/h7,9,11-13,15,17-28H,6,8,10,14,16H2,1-5H3;6,8,10-15H,5,7,9H2,1-4H3;3*1-2H3. The van der Waals surface area contributed by atoms with Crippen LogP contribution in [-0.4, -0.2) is 4.57 Å². The fourth-order valence-corrected chi connectivity index (χ4v) is 12.1. The minimum atomic E-state index is -0.00339. The first-order valence-corrected chi connectivity index (χ1v) is 29.2. The van der Waals surface area contributed by atoms with E-state index in [-0.39, 0.29) is 10.8 Å². The van der Waals surface area contributed by atoms with Crippen molar-refractivity contribution in [3.63, 3.8) is 0 Å². The Kier molecular flexibility index (Phi) is 17.3. The molecule has 0 fully saturated rings. The van der Waals surface area contributed by atoms with Crippen molar-refractivity contribution in [1.82, 2.24) is 4.57 Å². The lowest BCUT2D eigenvalue weighted by Gasteiger charge is -2.26. The number of aromatic nitrogens is 1. The molecule has 12 rings (SSSR count). The molecule has 4 aliphatic rings. The zero-order chi connectivity index (χ0) is 54.5. The highest BCUT2D eigenvalue weighted by molar-refractivity contribution is 6.10. The van der Waals surface area contributed by atoms with Crippen molar-refractivity contribution in [2.75, 3.05) is 0 Å². The summed E-state index contributed by atoms with van der Waals surface area (Å²) in [5.74, 6) is 1.76. The molecule has 1 unspecified atom stereocenters. The van der Waals surface area contributed by atoms with Crippen LogP contribution in [0, 0.1) is 6.92 Å². The second-order valence-electron chi connectivity index (χ2n) is 22.2. The van der Waals surface area contributed by atoms with Crippen LogP contribution in [0.3, 0.4) is 0 Å². The van der Waals surface area contributed by atoms with Gasteiger partial charge in [-0.05, 0) is 179 Å². The van der Waals surface area contributed by atoms with Gasteiger partial charge in [0, 0.05) is 39.2 Å². The van der Waals surface area contributed by atoms with Crippen molar-refractivity contribution < 1.29 is 4.42 Å². The van der Waals surface area contributed by atoms with E-state index in [0.717, 1.165) is 43.4 Å². The van der Waals surface area contributed by atoms with E-state index in [1.807, 2.05) is 41.5 Å². The van der Waals surface area contributed by atoms with Gasteiger partial charge in [0.2, 0.25) is 0 Å². The average molecular weight is 1010 g/mol. The van der Waals surface area contributed by atoms with Gasteiger partial charge in [0.1, 0.15) is 11.3 Å². The van der Waals surface area contributed by atoms with Crippen LogP contribution in [0.4, 0.5) is 0 Å². The van der Waals surface area contributed by atoms with E-state index in [9.17, 15) is 0 Å². The molecular weight excluding hydrogens is 919 g/mol. The van der Waals surface area contributed by atoms with E-state index in [4.69, 9.17) is 4.42 Å². The van der Waals surface area contributed by atoms with Gasteiger partial charge in [0.15, 0.2) is 0 Å². The first kappa shape index (κ1) is 55.6. The number of hydrogen-bond donors (Lipinski definition) is 0. The quantitative estimate of drug-likeness (QED) is 0.162. The molecule has 2 aromatic heterocycles. The minimum Gasteiger partial charge on any atom is -0.460 e. The third-order valence-corrected chi connectivity index (χ3v) is 16.2. The number of para-hydroxylation sites is 1. The molecular formula is C74H87NO. The molecule has 394 valence electrons. The third-order valence-electron chi connectivity index (χ3n) is 16.2. The van der Waals surface area contributed by atoms with E-state index in [2.05, 4.69) is 219 Å². The molecule has 0 bridgehead atoms. The Bertz CT molecular complexity index is 3540. The number of allylic oxidation sites excluding steroid dienone is 9. The van der Waals surface area contributed by atoms with Crippen LogP contribution < -0.4 is 0 Å². The second kappa shape index (κ2) is 23.7. The maximum absolute atomic E-state index is 6.24. The van der Waals surface area contributed by atoms with Gasteiger partial charge in [0.25, 0.3) is 0 Å². The first-order chi connectivity index (χ1) is 36.8. The van der Waals surface area contributed by atoms with Gasteiger partial charge in [-0.1, -0.05) is 211 Å². The molecule has 0 radical (unpaired) electrons. The van der Waals surface area contributed by atoms with Crippen LogP contribution in [0.15, 0.2) is 156 Å². The van der Waals surface area contributed by atoms with E-state index >= 15 is 0 Å². The Morgan fingerprint density at radius 1 is 0.645 bits per heavy atom. The lowest BCUT2D eigenvalue weighted by Crippen LogP contribution is -2.16. The second-order valence-corrected chi connectivity index (χ2v) is 22.2. The summed E-state index contributed by atoms with van der Waals surface area (Å²) < 4.78 is 8.72. The largest absolute Gasteiger partial charge is 0.460 e. The van der Waals surface area contributed by atoms with Crippen molar-refractivity contribution in [1.29, 1.82) is 0 Å². The van der Waals surface area contributed by atoms with Crippen LogP contribution >= 0.6 is 0 Å². The maximum atomic E-state index is 6.24. The first-order valence-electron chi connectivity index (χ1n) is 29.2. The molecule has 2 heteroatoms. The molecule has 0 N–H and O–H groups in total. The normalized spacial score (nSPS) is 15.4. The average Bonchev–Trinajstić information content (AvgIpc) is 4.10. The minimum absolute atomic E-state index is 0.00339. The molecule has 6 aromatic carbocycles. The third kappa shape index (κ3) is 10.5. The van der Waals surface area contributed by atoms with Crippen LogP contribution in [0.25, 0.3) is 77.9 Å². The summed E-state index contributed by atoms with van der Waals surface area (Å²) in [7, 11) is 0. The fourth-order valence-electron chi connectivity index (χ4n) is 12.1. The summed E-state index contributed by atoms with van der Waals surface area (Å²) >= 11 is 0. The van der Waals surface area contributed by atoms with Crippen molar-refractivity contribution in [3.8, 4) is 27.9 Å². The molecule has 0 saturated carbocycles. The number of nitrogens with zero attached hydrogens (tertiary/aromatic N) is 1. The van der Waals surface area contributed by atoms with Gasteiger partial charge in [-0.3, -0.25) is 0 Å². The molecule has 2 heterocycles. The lowest BCUT2D eigenvalue weighted by molar-refractivity contribution is 0.546. The van der Waals surface area contributed by atoms with Gasteiger partial charge in [-0.2, -0.15) is 0 Å². The molecule has 1 atom stereocenters. The van der Waals surface area contributed by atoms with E-state index in [1.165, 1.54) is 136 Å². The molecule has 0 spiro atoms. The SMILES string of the molecule is CC.CC.CC.CC1=C(c2cc(-c3ccc4c5ccccc5n(-c5ccc(C6=CC=CCC6)c(C(C)(C)C)c5)c4c3)ccc2C)C=CCCC1.CCC(C)c1ccc2c(c1)C(C)(C)c1c-2ccc2oc3c(c12)C=CCC3. The van der Waals surface area contributed by atoms with Crippen LogP contribution in [0.2, 0.25) is 0 Å². The van der Waals surface area contributed by atoms with Gasteiger partial charge in [0.05, 0.1) is 11.0 Å². The Labute approximate surface area is 458 Å². The number of hydrogen-bond acceptors (Lipinski definition) is 1. The molecule has 0 aliphatic heterocycles. The summed E-state index contributed by atoms with van der Waals surface area (Å²) in [6, 6.07) is 41.6. The van der Waals surface area contributed by atoms with Gasteiger partial charge < -0.3 is 8.98 Å². The fraction of sp³-hybridized carbons (Fsp3) is 0.351. The predicted molar refractivity (Wildman–Crippen MR) is 335 cm³/mol. The van der Waals surface area contributed by atoms with Crippen LogP contribution in [-0.2, 0) is 17.3 Å². The molecule has 0 saturated heterocycles. The van der Waals surface area contributed by atoms with E-state index in [0.29, 0.717) is 5.92 Å². The molecule has 0 amide bonds. The van der Waals surface area contributed by atoms with Crippen LogP contribution in [0.1, 0.15) is 198 Å². The van der Waals surface area contributed by atoms with Crippen molar-refractivity contribution in [3.05, 3.63) is 201 Å². The van der Waals surface area contributed by atoms with Crippen LogP contribution in [0.5, 0.6) is 0 Å². The van der Waals surface area contributed by atoms with Crippen molar-refractivity contribution >= 4 is 50.0 Å². The summed E-state index contributed by atoms with van der Waals surface area (Å²) in [5, 5.41) is 3.92. The zero-order valence-corrected chi connectivity index (χ0v) is 49.0. The number of furan rings is 1. The van der Waals surface area contributed by atoms with Gasteiger partial charge in [-0.25, -0.2) is 0 Å². The van der Waals surface area contributed by atoms with E-state index in [1.54, 1.807) is 0 Å². The Hall–Kier alpha value is -6.64. The number of aryl methyl sites for hydroxylation is 2.